The number of halogens is 3. The van der Waals surface area contributed by atoms with Crippen molar-refractivity contribution < 1.29 is 17.9 Å². The number of hydrogen-bond donors (Lipinski definition) is 1. The molecule has 0 aromatic heterocycles. The quantitative estimate of drug-likeness (QED) is 0.902. The summed E-state index contributed by atoms with van der Waals surface area (Å²) in [5.74, 6) is 0. The lowest BCUT2D eigenvalue weighted by molar-refractivity contribution is -0.137. The molecule has 0 aliphatic rings. The highest BCUT2D eigenvalue weighted by atomic mass is 19.4. The fraction of sp³-hybridized carbons (Fsp3) is 0.417. The van der Waals surface area contributed by atoms with Gasteiger partial charge in [-0.15, -0.1) is 0 Å². The van der Waals surface area contributed by atoms with Gasteiger partial charge >= 0.3 is 6.18 Å². The molecule has 0 amide bonds. The maximum Gasteiger partial charge on any atom is 0.418 e. The SMILES string of the molecule is COC(C)CNc1ccc(C#N)cc1C(F)(F)F. The van der Waals surface area contributed by atoms with Crippen molar-refractivity contribution in [3.63, 3.8) is 0 Å². The summed E-state index contributed by atoms with van der Waals surface area (Å²) in [6.45, 7) is 2.00. The summed E-state index contributed by atoms with van der Waals surface area (Å²) in [6.07, 6.45) is -4.70. The van der Waals surface area contributed by atoms with Crippen molar-refractivity contribution in [3.8, 4) is 6.07 Å². The Labute approximate surface area is 103 Å². The first-order valence-corrected chi connectivity index (χ1v) is 5.26. The van der Waals surface area contributed by atoms with Gasteiger partial charge in [0.1, 0.15) is 0 Å². The standard InChI is InChI=1S/C12H13F3N2O/c1-8(18-2)7-17-11-4-3-9(6-16)5-10(11)12(13,14)15/h3-5,8,17H,7H2,1-2H3. The van der Waals surface area contributed by atoms with Gasteiger partial charge in [0.25, 0.3) is 0 Å². The predicted octanol–water partition coefficient (Wildman–Crippen LogP) is 3.02. The van der Waals surface area contributed by atoms with Gasteiger partial charge in [0, 0.05) is 19.3 Å². The van der Waals surface area contributed by atoms with E-state index in [1.807, 2.05) is 0 Å². The topological polar surface area (TPSA) is 45.0 Å². The van der Waals surface area contributed by atoms with E-state index in [0.29, 0.717) is 0 Å². The van der Waals surface area contributed by atoms with Crippen LogP contribution in [0.1, 0.15) is 18.1 Å². The van der Waals surface area contributed by atoms with Crippen molar-refractivity contribution in [2.24, 2.45) is 0 Å². The number of anilines is 1. The van der Waals surface area contributed by atoms with Crippen LogP contribution in [0, 0.1) is 11.3 Å². The number of ether oxygens (including phenoxy) is 1. The average molecular weight is 258 g/mol. The smallest absolute Gasteiger partial charge is 0.382 e. The molecule has 6 heteroatoms. The second kappa shape index (κ2) is 5.74. The van der Waals surface area contributed by atoms with Gasteiger partial charge in [0.05, 0.1) is 23.3 Å². The predicted molar refractivity (Wildman–Crippen MR) is 61.1 cm³/mol. The van der Waals surface area contributed by atoms with E-state index >= 15 is 0 Å². The van der Waals surface area contributed by atoms with Crippen LogP contribution >= 0.6 is 0 Å². The molecule has 0 saturated heterocycles. The Kier molecular flexibility index (Phi) is 4.56. The minimum atomic E-state index is -4.49. The first-order chi connectivity index (χ1) is 8.38. The van der Waals surface area contributed by atoms with E-state index in [-0.39, 0.29) is 23.9 Å². The summed E-state index contributed by atoms with van der Waals surface area (Å²) < 4.78 is 43.3. The average Bonchev–Trinajstić information content (AvgIpc) is 2.34. The largest absolute Gasteiger partial charge is 0.418 e. The molecule has 0 aliphatic heterocycles. The minimum absolute atomic E-state index is 0.0207. The first kappa shape index (κ1) is 14.3. The van der Waals surface area contributed by atoms with E-state index in [2.05, 4.69) is 5.32 Å². The molecule has 3 nitrogen and oxygen atoms in total. The molecule has 1 N–H and O–H groups in total. The molecule has 1 atom stereocenters. The van der Waals surface area contributed by atoms with E-state index in [1.165, 1.54) is 19.2 Å². The molecule has 0 heterocycles. The highest BCUT2D eigenvalue weighted by Crippen LogP contribution is 2.35. The van der Waals surface area contributed by atoms with Crippen molar-refractivity contribution in [2.45, 2.75) is 19.2 Å². The fourth-order valence-corrected chi connectivity index (χ4v) is 1.34. The van der Waals surface area contributed by atoms with Crippen LogP contribution in [0.5, 0.6) is 0 Å². The Morgan fingerprint density at radius 1 is 1.44 bits per heavy atom. The Morgan fingerprint density at radius 3 is 2.61 bits per heavy atom. The molecule has 0 fully saturated rings. The van der Waals surface area contributed by atoms with Gasteiger partial charge in [0.2, 0.25) is 0 Å². The molecule has 0 spiro atoms. The van der Waals surface area contributed by atoms with Crippen LogP contribution < -0.4 is 5.32 Å². The fourth-order valence-electron chi connectivity index (χ4n) is 1.34. The van der Waals surface area contributed by atoms with Crippen molar-refractivity contribution in [1.82, 2.24) is 0 Å². The third kappa shape index (κ3) is 3.64. The van der Waals surface area contributed by atoms with E-state index in [0.717, 1.165) is 6.07 Å². The zero-order chi connectivity index (χ0) is 13.8. The Morgan fingerprint density at radius 2 is 2.11 bits per heavy atom. The van der Waals surface area contributed by atoms with Crippen molar-refractivity contribution in [3.05, 3.63) is 29.3 Å². The summed E-state index contributed by atoms with van der Waals surface area (Å²) in [6, 6.07) is 5.12. The Balaban J connectivity index is 3.01. The molecule has 18 heavy (non-hydrogen) atoms. The van der Waals surface area contributed by atoms with Gasteiger partial charge in [-0.25, -0.2) is 0 Å². The minimum Gasteiger partial charge on any atom is -0.382 e. The van der Waals surface area contributed by atoms with E-state index in [9.17, 15) is 13.2 Å². The Hall–Kier alpha value is -1.74. The van der Waals surface area contributed by atoms with Gasteiger partial charge in [-0.1, -0.05) is 0 Å². The molecule has 1 rings (SSSR count). The van der Waals surface area contributed by atoms with E-state index in [4.69, 9.17) is 10.00 Å². The van der Waals surface area contributed by atoms with Crippen LogP contribution in [0.4, 0.5) is 18.9 Å². The second-order valence-electron chi connectivity index (χ2n) is 3.80. The number of methoxy groups -OCH3 is 1. The molecule has 0 bridgehead atoms. The lowest BCUT2D eigenvalue weighted by atomic mass is 10.1. The van der Waals surface area contributed by atoms with Crippen molar-refractivity contribution in [1.29, 1.82) is 5.26 Å². The molecule has 1 aromatic carbocycles. The van der Waals surface area contributed by atoms with Crippen molar-refractivity contribution in [2.75, 3.05) is 19.0 Å². The highest BCUT2D eigenvalue weighted by molar-refractivity contribution is 5.56. The van der Waals surface area contributed by atoms with Crippen LogP contribution in [0.15, 0.2) is 18.2 Å². The molecule has 1 unspecified atom stereocenters. The summed E-state index contributed by atoms with van der Waals surface area (Å²) in [5.41, 5.74) is -0.914. The van der Waals surface area contributed by atoms with Crippen LogP contribution in [-0.2, 0) is 10.9 Å². The summed E-state index contributed by atoms with van der Waals surface area (Å²) >= 11 is 0. The third-order valence-electron chi connectivity index (χ3n) is 2.44. The zero-order valence-corrected chi connectivity index (χ0v) is 10.0. The van der Waals surface area contributed by atoms with Crippen molar-refractivity contribution >= 4 is 5.69 Å². The normalized spacial score (nSPS) is 12.9. The van der Waals surface area contributed by atoms with Crippen LogP contribution in [-0.4, -0.2) is 19.8 Å². The molecular formula is C12H13F3N2O. The number of nitrogens with zero attached hydrogens (tertiary/aromatic N) is 1. The highest BCUT2D eigenvalue weighted by Gasteiger charge is 2.33. The summed E-state index contributed by atoms with van der Waals surface area (Å²) in [4.78, 5) is 0. The number of benzene rings is 1. The molecule has 1 aromatic rings. The number of alkyl halides is 3. The maximum absolute atomic E-state index is 12.8. The van der Waals surface area contributed by atoms with Gasteiger partial charge < -0.3 is 10.1 Å². The monoisotopic (exact) mass is 258 g/mol. The van der Waals surface area contributed by atoms with Crippen LogP contribution in [0.25, 0.3) is 0 Å². The molecule has 0 aliphatic carbocycles. The van der Waals surface area contributed by atoms with Crippen LogP contribution in [0.3, 0.4) is 0 Å². The molecule has 0 radical (unpaired) electrons. The summed E-state index contributed by atoms with van der Waals surface area (Å²) in [5, 5.41) is 11.3. The second-order valence-corrected chi connectivity index (χ2v) is 3.80. The third-order valence-corrected chi connectivity index (χ3v) is 2.44. The molecule has 98 valence electrons. The van der Waals surface area contributed by atoms with Gasteiger partial charge in [-0.2, -0.15) is 18.4 Å². The lowest BCUT2D eigenvalue weighted by Gasteiger charge is -2.17. The lowest BCUT2D eigenvalue weighted by Crippen LogP contribution is -2.20. The van der Waals surface area contributed by atoms with E-state index in [1.54, 1.807) is 13.0 Å². The number of rotatable bonds is 4. The summed E-state index contributed by atoms with van der Waals surface area (Å²) in [7, 11) is 1.48. The van der Waals surface area contributed by atoms with Crippen LogP contribution in [0.2, 0.25) is 0 Å². The number of nitrogens with one attached hydrogen (secondary N) is 1. The molecular weight excluding hydrogens is 245 g/mol. The number of nitriles is 1. The zero-order valence-electron chi connectivity index (χ0n) is 10.0. The first-order valence-electron chi connectivity index (χ1n) is 5.26. The molecule has 0 saturated carbocycles. The van der Waals surface area contributed by atoms with Gasteiger partial charge in [-0.3, -0.25) is 0 Å². The van der Waals surface area contributed by atoms with E-state index < -0.39 is 11.7 Å². The maximum atomic E-state index is 12.8. The van der Waals surface area contributed by atoms with Gasteiger partial charge in [-0.05, 0) is 25.1 Å². The van der Waals surface area contributed by atoms with Gasteiger partial charge in [0.15, 0.2) is 0 Å². The Bertz CT molecular complexity index is 452. The number of hydrogen-bond acceptors (Lipinski definition) is 3.